The number of hydrogen-bond acceptors (Lipinski definition) is 3. The minimum atomic E-state index is -2.28. The van der Waals surface area contributed by atoms with Crippen molar-refractivity contribution in [2.45, 2.75) is 0 Å². The Morgan fingerprint density at radius 1 is 1.60 bits per heavy atom. The molecule has 0 aliphatic carbocycles. The Kier molecular flexibility index (Phi) is 2.28. The molecule has 0 saturated carbocycles. The molecular weight excluding hydrogens is 91.0 g/mol. The second-order valence-electron chi connectivity index (χ2n) is 0.426. The first-order valence-electron chi connectivity index (χ1n) is 0.894. The van der Waals surface area contributed by atoms with Gasteiger partial charge in [0.2, 0.25) is 8.38 Å². The first-order chi connectivity index (χ1) is 2.27. The van der Waals surface area contributed by atoms with Crippen molar-refractivity contribution >= 4 is 14.4 Å². The van der Waals surface area contributed by atoms with E-state index in [0.717, 1.165) is 0 Å². The monoisotopic (exact) mass is 94.0 g/mol. The molecule has 5 heavy (non-hydrogen) atoms. The molecule has 0 heterocycles. The van der Waals surface area contributed by atoms with Gasteiger partial charge in [0.05, 0.1) is 0 Å². The van der Waals surface area contributed by atoms with Crippen LogP contribution < -0.4 is 0 Å². The third-order valence-electron chi connectivity index (χ3n) is 0.0943. The van der Waals surface area contributed by atoms with Crippen molar-refractivity contribution in [2.24, 2.45) is 0 Å². The van der Waals surface area contributed by atoms with Crippen LogP contribution in [0.4, 0.5) is 0 Å². The lowest BCUT2D eigenvalue weighted by molar-refractivity contribution is 0.487. The maximum atomic E-state index is 9.03. The summed E-state index contributed by atoms with van der Waals surface area (Å²) >= 11 is 0. The topological polar surface area (TPSA) is 57.5 Å². The second kappa shape index (κ2) is 2.27. The highest BCUT2D eigenvalue weighted by atomic mass is 31.2. The first kappa shape index (κ1) is 5.02. The molecule has 2 N–H and O–H groups in total. The van der Waals surface area contributed by atoms with Gasteiger partial charge in [-0.1, -0.05) is 0 Å². The van der Waals surface area contributed by atoms with Crippen LogP contribution in [0.1, 0.15) is 0 Å². The summed E-state index contributed by atoms with van der Waals surface area (Å²) in [5.74, 6) is 0. The Morgan fingerprint density at radius 2 is 1.80 bits per heavy atom. The quantitative estimate of drug-likeness (QED) is 0.339. The zero-order valence-corrected chi connectivity index (χ0v) is 3.22. The van der Waals surface area contributed by atoms with Gasteiger partial charge in [0.1, 0.15) is 0 Å². The van der Waals surface area contributed by atoms with E-state index in [9.17, 15) is 0 Å². The van der Waals surface area contributed by atoms with Crippen LogP contribution in [0.25, 0.3) is 0 Å². The zero-order chi connectivity index (χ0) is 4.28. The van der Waals surface area contributed by atoms with E-state index in [1.165, 1.54) is 0 Å². The van der Waals surface area contributed by atoms with E-state index in [2.05, 4.69) is 0 Å². The fraction of sp³-hybridized carbons (Fsp3) is 0. The van der Waals surface area contributed by atoms with E-state index >= 15 is 0 Å². The highest BCUT2D eigenvalue weighted by molar-refractivity contribution is 7.61. The summed E-state index contributed by atoms with van der Waals surface area (Å²) < 4.78 is 0. The van der Waals surface area contributed by atoms with Gasteiger partial charge in [-0.2, -0.15) is 0 Å². The van der Waals surface area contributed by atoms with Gasteiger partial charge < -0.3 is 9.79 Å². The molecule has 3 nitrogen and oxygen atoms in total. The van der Waals surface area contributed by atoms with Gasteiger partial charge in [0.25, 0.3) is 0 Å². The Hall–Kier alpha value is 0.0200. The highest BCUT2D eigenvalue weighted by Gasteiger charge is 1.85. The first-order valence-corrected chi connectivity index (χ1v) is 2.21. The summed E-state index contributed by atoms with van der Waals surface area (Å²) in [4.78, 5) is 24.3. The van der Waals surface area contributed by atoms with Crippen molar-refractivity contribution in [3.63, 3.8) is 0 Å². The molecule has 30 valence electrons. The molecular formula is CH3O3P. The third-order valence-corrected chi connectivity index (χ3v) is 0.283. The van der Waals surface area contributed by atoms with Crippen molar-refractivity contribution in [3.05, 3.63) is 0 Å². The molecule has 0 aliphatic heterocycles. The molecule has 0 radical (unpaired) electrons. The van der Waals surface area contributed by atoms with Crippen LogP contribution in [-0.2, 0) is 4.79 Å². The molecule has 0 aromatic heterocycles. The van der Waals surface area contributed by atoms with E-state index in [-0.39, 0.29) is 6.03 Å². The van der Waals surface area contributed by atoms with Crippen molar-refractivity contribution in [1.82, 2.24) is 0 Å². The zero-order valence-electron chi connectivity index (χ0n) is 2.33. The number of rotatable bonds is 1. The van der Waals surface area contributed by atoms with Crippen molar-refractivity contribution in [1.29, 1.82) is 0 Å². The predicted octanol–water partition coefficient (Wildman–Crippen LogP) is -0.527. The molecule has 0 rings (SSSR count). The Balaban J connectivity index is 2.83. The van der Waals surface area contributed by atoms with Gasteiger partial charge in [-0.3, -0.25) is 4.79 Å². The van der Waals surface area contributed by atoms with E-state index in [1.807, 2.05) is 0 Å². The van der Waals surface area contributed by atoms with E-state index in [1.54, 1.807) is 0 Å². The molecule has 0 aliphatic rings. The lowest BCUT2D eigenvalue weighted by Gasteiger charge is -1.77. The number of hydrogen-bond donors (Lipinski definition) is 2. The number of carbonyl (C=O) groups excluding carboxylic acids is 1. The summed E-state index contributed by atoms with van der Waals surface area (Å²) in [7, 11) is -2.28. The van der Waals surface area contributed by atoms with Gasteiger partial charge in [0, 0.05) is 0 Å². The van der Waals surface area contributed by atoms with Gasteiger partial charge >= 0.3 is 0 Å². The maximum absolute atomic E-state index is 9.03. The van der Waals surface area contributed by atoms with Gasteiger partial charge in [-0.25, -0.2) is 0 Å². The minimum Gasteiger partial charge on any atom is -0.345 e. The normalized spacial score (nSPS) is 8.60. The average molecular weight is 94.0 g/mol. The Labute approximate surface area is 30.2 Å². The lowest BCUT2D eigenvalue weighted by atomic mass is 11.8. The van der Waals surface area contributed by atoms with Crippen LogP contribution in [0.3, 0.4) is 0 Å². The SMILES string of the molecule is O=CP(O)O. The summed E-state index contributed by atoms with van der Waals surface area (Å²) in [6.45, 7) is 0. The molecule has 0 atom stereocenters. The lowest BCUT2D eigenvalue weighted by Crippen LogP contribution is -1.62. The smallest absolute Gasteiger partial charge is 0.234 e. The van der Waals surface area contributed by atoms with E-state index < -0.39 is 8.38 Å². The molecule has 4 heteroatoms. The van der Waals surface area contributed by atoms with Crippen molar-refractivity contribution in [2.75, 3.05) is 0 Å². The fourth-order valence-corrected chi connectivity index (χ4v) is 0. The van der Waals surface area contributed by atoms with E-state index in [0.29, 0.717) is 0 Å². The van der Waals surface area contributed by atoms with Crippen LogP contribution in [0.15, 0.2) is 0 Å². The van der Waals surface area contributed by atoms with Crippen LogP contribution in [0, 0.1) is 0 Å². The Morgan fingerprint density at radius 3 is 1.80 bits per heavy atom. The molecule has 0 spiro atoms. The summed E-state index contributed by atoms with van der Waals surface area (Å²) in [6.07, 6.45) is 0. The highest BCUT2D eigenvalue weighted by Crippen LogP contribution is 2.14. The van der Waals surface area contributed by atoms with Crippen LogP contribution in [0.2, 0.25) is 0 Å². The number of carbonyl (C=O) groups is 1. The van der Waals surface area contributed by atoms with Crippen LogP contribution in [-0.4, -0.2) is 15.8 Å². The molecule has 0 amide bonds. The largest absolute Gasteiger partial charge is 0.345 e. The van der Waals surface area contributed by atoms with Gasteiger partial charge in [-0.05, 0) is 0 Å². The molecule has 0 aromatic rings. The third kappa shape index (κ3) is 4.02. The molecule has 0 saturated heterocycles. The van der Waals surface area contributed by atoms with Crippen LogP contribution in [0.5, 0.6) is 0 Å². The predicted molar refractivity (Wildman–Crippen MR) is 18.1 cm³/mol. The van der Waals surface area contributed by atoms with E-state index in [4.69, 9.17) is 14.6 Å². The van der Waals surface area contributed by atoms with Crippen LogP contribution >= 0.6 is 8.38 Å². The summed E-state index contributed by atoms with van der Waals surface area (Å²) in [5.41, 5.74) is 0. The Bertz CT molecular complexity index is 33.9. The molecule has 0 aromatic carbocycles. The fourth-order valence-electron chi connectivity index (χ4n) is 0. The maximum Gasteiger partial charge on any atom is 0.234 e. The minimum absolute atomic E-state index is 0.0926. The summed E-state index contributed by atoms with van der Waals surface area (Å²) in [6, 6.07) is 0.0926. The molecule has 0 unspecified atom stereocenters. The van der Waals surface area contributed by atoms with Crippen molar-refractivity contribution < 1.29 is 14.6 Å². The second-order valence-corrected chi connectivity index (χ2v) is 1.28. The van der Waals surface area contributed by atoms with Crippen molar-refractivity contribution in [3.8, 4) is 0 Å². The average Bonchev–Trinajstić information content (AvgIpc) is 1.38. The van der Waals surface area contributed by atoms with Gasteiger partial charge in [0.15, 0.2) is 6.03 Å². The van der Waals surface area contributed by atoms with Gasteiger partial charge in [-0.15, -0.1) is 0 Å². The standard InChI is InChI=1S/CH3O3P/c2-1-5(3)4/h1,3-4H. The molecule has 0 fully saturated rings. The summed E-state index contributed by atoms with van der Waals surface area (Å²) in [5, 5.41) is 0. The molecule has 0 bridgehead atoms.